The third-order valence-corrected chi connectivity index (χ3v) is 5.25. The highest BCUT2D eigenvalue weighted by atomic mass is 35.5. The molecule has 0 aliphatic carbocycles. The number of benzene rings is 1. The molecule has 2 heterocycles. The summed E-state index contributed by atoms with van der Waals surface area (Å²) >= 11 is 7.85. The van der Waals surface area contributed by atoms with Gasteiger partial charge in [-0.2, -0.15) is 0 Å². The number of nitrogens with two attached hydrogens (primary N) is 2. The fourth-order valence-corrected chi connectivity index (χ4v) is 3.86. The third-order valence-electron chi connectivity index (χ3n) is 3.98. The maximum atomic E-state index is 6.00. The Morgan fingerprint density at radius 1 is 1.27 bits per heavy atom. The standard InChI is InChI=1S/C16H19ClN4S/c17-13-3-1-11(2-4-13)14(9-20-16(18)19)21-7-5-15-12(10-21)6-8-22-15/h1-4,6,8,14H,5,7,9-10H2,(H4,18,19,20). The van der Waals surface area contributed by atoms with Crippen molar-refractivity contribution >= 4 is 28.9 Å². The van der Waals surface area contributed by atoms with Gasteiger partial charge in [0.2, 0.25) is 0 Å². The van der Waals surface area contributed by atoms with Crippen LogP contribution >= 0.6 is 22.9 Å². The van der Waals surface area contributed by atoms with E-state index in [2.05, 4.69) is 33.5 Å². The van der Waals surface area contributed by atoms with E-state index in [4.69, 9.17) is 23.1 Å². The minimum atomic E-state index is 0.132. The number of aliphatic imine (C=N–C) groups is 1. The largest absolute Gasteiger partial charge is 0.370 e. The average Bonchev–Trinajstić information content (AvgIpc) is 2.96. The molecule has 1 aliphatic rings. The number of guanidine groups is 1. The molecule has 1 aromatic carbocycles. The molecule has 0 bridgehead atoms. The molecule has 116 valence electrons. The predicted molar refractivity (Wildman–Crippen MR) is 93.3 cm³/mol. The Hall–Kier alpha value is -1.56. The molecule has 0 radical (unpaired) electrons. The van der Waals surface area contributed by atoms with Crippen LogP contribution in [0.15, 0.2) is 40.7 Å². The van der Waals surface area contributed by atoms with Crippen LogP contribution in [0.4, 0.5) is 0 Å². The summed E-state index contributed by atoms with van der Waals surface area (Å²) in [4.78, 5) is 8.17. The van der Waals surface area contributed by atoms with Crippen LogP contribution in [0.5, 0.6) is 0 Å². The van der Waals surface area contributed by atoms with Crippen LogP contribution in [0.1, 0.15) is 22.0 Å². The Balaban J connectivity index is 1.85. The van der Waals surface area contributed by atoms with Crippen molar-refractivity contribution in [3.05, 3.63) is 56.7 Å². The number of halogens is 1. The lowest BCUT2D eigenvalue weighted by Crippen LogP contribution is -2.36. The van der Waals surface area contributed by atoms with Crippen molar-refractivity contribution in [2.45, 2.75) is 19.0 Å². The molecule has 6 heteroatoms. The molecule has 0 saturated carbocycles. The molecule has 4 nitrogen and oxygen atoms in total. The summed E-state index contributed by atoms with van der Waals surface area (Å²) in [5, 5.41) is 2.91. The topological polar surface area (TPSA) is 67.6 Å². The number of fused-ring (bicyclic) bond motifs is 1. The molecule has 1 atom stereocenters. The lowest BCUT2D eigenvalue weighted by Gasteiger charge is -2.34. The van der Waals surface area contributed by atoms with Crippen LogP contribution in [-0.2, 0) is 13.0 Å². The second-order valence-corrected chi connectivity index (χ2v) is 6.86. The van der Waals surface area contributed by atoms with Crippen molar-refractivity contribution in [3.8, 4) is 0 Å². The first-order chi connectivity index (χ1) is 10.6. The normalized spacial score (nSPS) is 16.0. The molecule has 1 unspecified atom stereocenters. The molecule has 2 aromatic rings. The molecular formula is C16H19ClN4S. The number of hydrogen-bond donors (Lipinski definition) is 2. The van der Waals surface area contributed by atoms with Crippen molar-refractivity contribution in [1.29, 1.82) is 0 Å². The first-order valence-corrected chi connectivity index (χ1v) is 8.49. The van der Waals surface area contributed by atoms with Gasteiger partial charge < -0.3 is 11.5 Å². The van der Waals surface area contributed by atoms with E-state index >= 15 is 0 Å². The van der Waals surface area contributed by atoms with Crippen LogP contribution in [0, 0.1) is 0 Å². The highest BCUT2D eigenvalue weighted by molar-refractivity contribution is 7.10. The molecule has 3 rings (SSSR count). The van der Waals surface area contributed by atoms with Crippen molar-refractivity contribution in [2.24, 2.45) is 16.5 Å². The lowest BCUT2D eigenvalue weighted by atomic mass is 10.0. The van der Waals surface area contributed by atoms with Gasteiger partial charge >= 0.3 is 0 Å². The zero-order chi connectivity index (χ0) is 15.5. The molecular weight excluding hydrogens is 316 g/mol. The second kappa shape index (κ2) is 6.69. The van der Waals surface area contributed by atoms with Crippen molar-refractivity contribution in [3.63, 3.8) is 0 Å². The number of nitrogens with zero attached hydrogens (tertiary/aromatic N) is 2. The minimum absolute atomic E-state index is 0.132. The van der Waals surface area contributed by atoms with Gasteiger partial charge in [-0.05, 0) is 41.1 Å². The summed E-state index contributed by atoms with van der Waals surface area (Å²) in [5.41, 5.74) is 13.6. The van der Waals surface area contributed by atoms with Crippen LogP contribution in [0.2, 0.25) is 5.02 Å². The Morgan fingerprint density at radius 2 is 2.05 bits per heavy atom. The van der Waals surface area contributed by atoms with Crippen molar-refractivity contribution < 1.29 is 0 Å². The van der Waals surface area contributed by atoms with Gasteiger partial charge in [-0.1, -0.05) is 23.7 Å². The summed E-state index contributed by atoms with van der Waals surface area (Å²) in [6, 6.07) is 10.3. The quantitative estimate of drug-likeness (QED) is 0.667. The number of hydrogen-bond acceptors (Lipinski definition) is 3. The minimum Gasteiger partial charge on any atom is -0.370 e. The summed E-state index contributed by atoms with van der Waals surface area (Å²) in [6.07, 6.45) is 1.08. The average molecular weight is 335 g/mol. The van der Waals surface area contributed by atoms with Gasteiger partial charge in [0.15, 0.2) is 5.96 Å². The van der Waals surface area contributed by atoms with E-state index in [9.17, 15) is 0 Å². The maximum Gasteiger partial charge on any atom is 0.185 e. The van der Waals surface area contributed by atoms with Crippen LogP contribution < -0.4 is 11.5 Å². The van der Waals surface area contributed by atoms with E-state index < -0.39 is 0 Å². The smallest absolute Gasteiger partial charge is 0.185 e. The molecule has 1 aromatic heterocycles. The summed E-state index contributed by atoms with van der Waals surface area (Å²) in [5.74, 6) is 0.132. The summed E-state index contributed by atoms with van der Waals surface area (Å²) in [6.45, 7) is 2.51. The van der Waals surface area contributed by atoms with E-state index in [1.807, 2.05) is 23.5 Å². The molecule has 22 heavy (non-hydrogen) atoms. The first kappa shape index (κ1) is 15.3. The van der Waals surface area contributed by atoms with E-state index in [1.165, 1.54) is 16.0 Å². The fourth-order valence-electron chi connectivity index (χ4n) is 2.84. The Bertz CT molecular complexity index is 661. The lowest BCUT2D eigenvalue weighted by molar-refractivity contribution is 0.185. The van der Waals surface area contributed by atoms with E-state index in [1.54, 1.807) is 0 Å². The van der Waals surface area contributed by atoms with E-state index in [-0.39, 0.29) is 12.0 Å². The van der Waals surface area contributed by atoms with Crippen molar-refractivity contribution in [2.75, 3.05) is 13.1 Å². The molecule has 0 saturated heterocycles. The Morgan fingerprint density at radius 3 is 2.77 bits per heavy atom. The summed E-state index contributed by atoms with van der Waals surface area (Å²) in [7, 11) is 0. The fraction of sp³-hybridized carbons (Fsp3) is 0.312. The Kier molecular flexibility index (Phi) is 4.66. The molecule has 0 spiro atoms. The van der Waals surface area contributed by atoms with Crippen LogP contribution in [0.25, 0.3) is 0 Å². The number of rotatable bonds is 4. The molecule has 4 N–H and O–H groups in total. The summed E-state index contributed by atoms with van der Waals surface area (Å²) < 4.78 is 0. The first-order valence-electron chi connectivity index (χ1n) is 7.23. The predicted octanol–water partition coefficient (Wildman–Crippen LogP) is 2.77. The van der Waals surface area contributed by atoms with Gasteiger partial charge in [-0.15, -0.1) is 11.3 Å². The second-order valence-electron chi connectivity index (χ2n) is 5.42. The van der Waals surface area contributed by atoms with Gasteiger partial charge in [-0.3, -0.25) is 9.89 Å². The number of thiophene rings is 1. The van der Waals surface area contributed by atoms with Gasteiger partial charge in [0, 0.05) is 23.0 Å². The maximum absolute atomic E-state index is 6.00. The highest BCUT2D eigenvalue weighted by Gasteiger charge is 2.25. The van der Waals surface area contributed by atoms with Gasteiger partial charge in [0.1, 0.15) is 0 Å². The highest BCUT2D eigenvalue weighted by Crippen LogP contribution is 2.31. The van der Waals surface area contributed by atoms with Gasteiger partial charge in [-0.25, -0.2) is 0 Å². The van der Waals surface area contributed by atoms with E-state index in [0.717, 1.165) is 24.5 Å². The van der Waals surface area contributed by atoms with Gasteiger partial charge in [0.25, 0.3) is 0 Å². The van der Waals surface area contributed by atoms with E-state index in [0.29, 0.717) is 6.54 Å². The molecule has 1 aliphatic heterocycles. The Labute approximate surface area is 139 Å². The van der Waals surface area contributed by atoms with Crippen LogP contribution in [-0.4, -0.2) is 23.9 Å². The molecule has 0 amide bonds. The monoisotopic (exact) mass is 334 g/mol. The zero-order valence-electron chi connectivity index (χ0n) is 12.2. The van der Waals surface area contributed by atoms with Crippen LogP contribution in [0.3, 0.4) is 0 Å². The van der Waals surface area contributed by atoms with Gasteiger partial charge in [0.05, 0.1) is 12.6 Å². The third kappa shape index (κ3) is 3.43. The zero-order valence-corrected chi connectivity index (χ0v) is 13.8. The van der Waals surface area contributed by atoms with Crippen molar-refractivity contribution in [1.82, 2.24) is 4.90 Å². The molecule has 0 fully saturated rings. The SMILES string of the molecule is NC(N)=NCC(c1ccc(Cl)cc1)N1CCc2sccc2C1.